The SMILES string of the molecule is CCCc1cccc2oc(N(C=O)CCOc3ccc(C(=O)Nc4ccccc4N)cc3)cc12. The Labute approximate surface area is 198 Å². The van der Waals surface area contributed by atoms with Gasteiger partial charge in [-0.2, -0.15) is 0 Å². The number of nitrogen functional groups attached to an aromatic ring is 1. The molecule has 0 saturated heterocycles. The van der Waals surface area contributed by atoms with Crippen LogP contribution in [0.4, 0.5) is 17.3 Å². The van der Waals surface area contributed by atoms with Gasteiger partial charge in [-0.3, -0.25) is 14.5 Å². The van der Waals surface area contributed by atoms with Crippen LogP contribution in [0, 0.1) is 0 Å². The van der Waals surface area contributed by atoms with Crippen molar-refractivity contribution in [1.29, 1.82) is 0 Å². The van der Waals surface area contributed by atoms with Crippen molar-refractivity contribution < 1.29 is 18.7 Å². The van der Waals surface area contributed by atoms with Gasteiger partial charge < -0.3 is 20.2 Å². The van der Waals surface area contributed by atoms with Gasteiger partial charge in [0.2, 0.25) is 12.3 Å². The molecule has 3 aromatic carbocycles. The minimum absolute atomic E-state index is 0.260. The summed E-state index contributed by atoms with van der Waals surface area (Å²) in [5.41, 5.74) is 9.39. The Balaban J connectivity index is 1.35. The topological polar surface area (TPSA) is 97.8 Å². The molecule has 3 N–H and O–H groups in total. The van der Waals surface area contributed by atoms with E-state index in [1.54, 1.807) is 48.5 Å². The first-order valence-corrected chi connectivity index (χ1v) is 11.2. The fraction of sp³-hybridized carbons (Fsp3) is 0.185. The van der Waals surface area contributed by atoms with Crippen LogP contribution >= 0.6 is 0 Å². The average molecular weight is 458 g/mol. The highest BCUT2D eigenvalue weighted by molar-refractivity contribution is 6.05. The number of rotatable bonds is 10. The number of carbonyl (C=O) groups excluding carboxylic acids is 2. The number of carbonyl (C=O) groups is 2. The highest BCUT2D eigenvalue weighted by Crippen LogP contribution is 2.29. The third kappa shape index (κ3) is 5.20. The quantitative estimate of drug-likeness (QED) is 0.250. The Morgan fingerprint density at radius 1 is 1.09 bits per heavy atom. The molecule has 0 bridgehead atoms. The molecular weight excluding hydrogens is 430 g/mol. The number of nitrogens with two attached hydrogens (primary N) is 1. The monoisotopic (exact) mass is 457 g/mol. The van der Waals surface area contributed by atoms with Crippen molar-refractivity contribution in [2.75, 3.05) is 29.1 Å². The van der Waals surface area contributed by atoms with E-state index in [0.717, 1.165) is 30.2 Å². The first-order valence-electron chi connectivity index (χ1n) is 11.2. The van der Waals surface area contributed by atoms with Crippen LogP contribution in [-0.2, 0) is 11.2 Å². The number of aryl methyl sites for hydroxylation is 1. The summed E-state index contributed by atoms with van der Waals surface area (Å²) in [6.07, 6.45) is 2.72. The second kappa shape index (κ2) is 10.6. The lowest BCUT2D eigenvalue weighted by Crippen LogP contribution is -2.26. The summed E-state index contributed by atoms with van der Waals surface area (Å²) in [6, 6.07) is 21.7. The number of fused-ring (bicyclic) bond motifs is 1. The van der Waals surface area contributed by atoms with Crippen LogP contribution in [-0.4, -0.2) is 25.5 Å². The smallest absolute Gasteiger partial charge is 0.255 e. The highest BCUT2D eigenvalue weighted by Gasteiger charge is 2.14. The molecule has 34 heavy (non-hydrogen) atoms. The maximum absolute atomic E-state index is 12.5. The number of benzene rings is 3. The summed E-state index contributed by atoms with van der Waals surface area (Å²) in [6.45, 7) is 2.72. The minimum atomic E-state index is -0.260. The van der Waals surface area contributed by atoms with Gasteiger partial charge in [0.15, 0.2) is 0 Å². The second-order valence-electron chi connectivity index (χ2n) is 7.88. The fourth-order valence-electron chi connectivity index (χ4n) is 3.72. The number of amides is 2. The third-order valence-corrected chi connectivity index (χ3v) is 5.49. The normalized spacial score (nSPS) is 10.7. The van der Waals surface area contributed by atoms with E-state index in [9.17, 15) is 9.59 Å². The van der Waals surface area contributed by atoms with E-state index in [1.165, 1.54) is 10.5 Å². The van der Waals surface area contributed by atoms with Crippen LogP contribution in [0.2, 0.25) is 0 Å². The average Bonchev–Trinajstić information content (AvgIpc) is 3.29. The standard InChI is InChI=1S/C27H27N3O4/c1-2-6-19-7-5-10-25-22(19)17-26(34-25)30(18-31)15-16-33-21-13-11-20(12-14-21)27(32)29-24-9-4-3-8-23(24)28/h3-5,7-14,17-18H,2,6,15-16,28H2,1H3,(H,29,32). The lowest BCUT2D eigenvalue weighted by atomic mass is 10.1. The molecule has 2 amide bonds. The van der Waals surface area contributed by atoms with Gasteiger partial charge in [-0.05, 0) is 54.4 Å². The van der Waals surface area contributed by atoms with Crippen molar-refractivity contribution in [3.8, 4) is 5.75 Å². The molecule has 7 nitrogen and oxygen atoms in total. The lowest BCUT2D eigenvalue weighted by Gasteiger charge is -2.14. The van der Waals surface area contributed by atoms with Crippen LogP contribution in [0.3, 0.4) is 0 Å². The number of hydrogen-bond acceptors (Lipinski definition) is 5. The molecule has 0 aliphatic heterocycles. The van der Waals surface area contributed by atoms with Crippen LogP contribution in [0.1, 0.15) is 29.3 Å². The molecule has 1 heterocycles. The first kappa shape index (κ1) is 22.9. The number of para-hydroxylation sites is 2. The summed E-state index contributed by atoms with van der Waals surface area (Å²) in [4.78, 5) is 25.6. The predicted octanol–water partition coefficient (Wildman–Crippen LogP) is 5.26. The molecular formula is C27H27N3O4. The predicted molar refractivity (Wildman–Crippen MR) is 134 cm³/mol. The van der Waals surface area contributed by atoms with Crippen molar-refractivity contribution >= 4 is 40.5 Å². The molecule has 0 spiro atoms. The van der Waals surface area contributed by atoms with E-state index in [4.69, 9.17) is 14.9 Å². The molecule has 1 aromatic heterocycles. The maximum Gasteiger partial charge on any atom is 0.255 e. The highest BCUT2D eigenvalue weighted by atomic mass is 16.5. The Kier molecular flexibility index (Phi) is 7.13. The van der Waals surface area contributed by atoms with E-state index < -0.39 is 0 Å². The fourth-order valence-corrected chi connectivity index (χ4v) is 3.72. The minimum Gasteiger partial charge on any atom is -0.492 e. The molecule has 4 aromatic rings. The van der Waals surface area contributed by atoms with E-state index in [-0.39, 0.29) is 12.5 Å². The van der Waals surface area contributed by atoms with Crippen LogP contribution in [0.25, 0.3) is 11.0 Å². The van der Waals surface area contributed by atoms with Crippen molar-refractivity contribution in [3.05, 3.63) is 83.9 Å². The van der Waals surface area contributed by atoms with Gasteiger partial charge in [-0.25, -0.2) is 0 Å². The van der Waals surface area contributed by atoms with E-state index in [2.05, 4.69) is 18.3 Å². The zero-order chi connectivity index (χ0) is 23.9. The molecule has 174 valence electrons. The number of nitrogens with zero attached hydrogens (tertiary/aromatic N) is 1. The Bertz CT molecular complexity index is 1280. The Hall–Kier alpha value is -4.26. The van der Waals surface area contributed by atoms with Crippen molar-refractivity contribution in [1.82, 2.24) is 0 Å². The molecule has 0 radical (unpaired) electrons. The van der Waals surface area contributed by atoms with Gasteiger partial charge in [-0.15, -0.1) is 0 Å². The molecule has 0 aliphatic rings. The maximum atomic E-state index is 12.5. The van der Waals surface area contributed by atoms with Gasteiger partial charge in [-0.1, -0.05) is 37.6 Å². The van der Waals surface area contributed by atoms with Gasteiger partial charge in [0.25, 0.3) is 5.91 Å². The largest absolute Gasteiger partial charge is 0.492 e. The summed E-state index contributed by atoms with van der Waals surface area (Å²) < 4.78 is 11.7. The molecule has 0 aliphatic carbocycles. The van der Waals surface area contributed by atoms with Gasteiger partial charge in [0.05, 0.1) is 17.9 Å². The van der Waals surface area contributed by atoms with Gasteiger partial charge >= 0.3 is 0 Å². The Morgan fingerprint density at radius 3 is 2.62 bits per heavy atom. The van der Waals surface area contributed by atoms with Crippen molar-refractivity contribution in [2.24, 2.45) is 0 Å². The summed E-state index contributed by atoms with van der Waals surface area (Å²) in [5, 5.41) is 3.82. The number of furan rings is 1. The third-order valence-electron chi connectivity index (χ3n) is 5.49. The number of anilines is 3. The van der Waals surface area contributed by atoms with E-state index in [1.807, 2.05) is 18.2 Å². The summed E-state index contributed by atoms with van der Waals surface area (Å²) >= 11 is 0. The van der Waals surface area contributed by atoms with Gasteiger partial charge in [0, 0.05) is 17.0 Å². The molecule has 0 saturated carbocycles. The molecule has 0 atom stereocenters. The van der Waals surface area contributed by atoms with Crippen LogP contribution in [0.5, 0.6) is 5.75 Å². The van der Waals surface area contributed by atoms with Gasteiger partial charge in [0.1, 0.15) is 17.9 Å². The first-order chi connectivity index (χ1) is 16.6. The molecule has 7 heteroatoms. The van der Waals surface area contributed by atoms with E-state index >= 15 is 0 Å². The second-order valence-corrected chi connectivity index (χ2v) is 7.88. The lowest BCUT2D eigenvalue weighted by molar-refractivity contribution is -0.107. The van der Waals surface area contributed by atoms with Crippen LogP contribution in [0.15, 0.2) is 77.2 Å². The number of nitrogens with one attached hydrogen (secondary N) is 1. The van der Waals surface area contributed by atoms with Crippen molar-refractivity contribution in [2.45, 2.75) is 19.8 Å². The summed E-state index contributed by atoms with van der Waals surface area (Å²) in [5.74, 6) is 0.824. The molecule has 0 fully saturated rings. The van der Waals surface area contributed by atoms with E-state index in [0.29, 0.717) is 35.1 Å². The Morgan fingerprint density at radius 2 is 1.88 bits per heavy atom. The van der Waals surface area contributed by atoms with Crippen LogP contribution < -0.4 is 20.7 Å². The number of ether oxygens (including phenoxy) is 1. The molecule has 4 rings (SSSR count). The summed E-state index contributed by atoms with van der Waals surface area (Å²) in [7, 11) is 0. The molecule has 0 unspecified atom stereocenters. The number of hydrogen-bond donors (Lipinski definition) is 2. The zero-order valence-corrected chi connectivity index (χ0v) is 19.0. The zero-order valence-electron chi connectivity index (χ0n) is 19.0. The van der Waals surface area contributed by atoms with Crippen molar-refractivity contribution in [3.63, 3.8) is 0 Å².